The van der Waals surface area contributed by atoms with E-state index in [1.165, 1.54) is 19.3 Å². The van der Waals surface area contributed by atoms with Crippen molar-refractivity contribution in [2.45, 2.75) is 52.4 Å². The fourth-order valence-electron chi connectivity index (χ4n) is 2.97. The lowest BCUT2D eigenvalue weighted by molar-refractivity contribution is -0.130. The summed E-state index contributed by atoms with van der Waals surface area (Å²) in [6.45, 7) is 6.33. The van der Waals surface area contributed by atoms with Gasteiger partial charge in [0.15, 0.2) is 0 Å². The second-order valence-corrected chi connectivity index (χ2v) is 5.92. The first-order chi connectivity index (χ1) is 8.15. The fraction of sp³-hybridized carbons (Fsp3) is 0.800. The Hall–Kier alpha value is -0.790. The van der Waals surface area contributed by atoms with Crippen LogP contribution in [-0.2, 0) is 4.79 Å². The zero-order valence-corrected chi connectivity index (χ0v) is 11.2. The van der Waals surface area contributed by atoms with Gasteiger partial charge in [-0.1, -0.05) is 19.1 Å². The maximum Gasteiger partial charge on any atom is 0.222 e. The summed E-state index contributed by atoms with van der Waals surface area (Å²) in [4.78, 5) is 14.1. The van der Waals surface area contributed by atoms with E-state index in [0.29, 0.717) is 11.3 Å². The first-order valence-corrected chi connectivity index (χ1v) is 7.04. The highest BCUT2D eigenvalue weighted by Gasteiger charge is 2.45. The standard InChI is InChI=1S/C15H25NO/c1-3-4-5-11-16-12-8-13(6-7-14(16)17)15(2)9-10-15/h3-4,13H,5-12H2,1-2H3. The number of allylic oxidation sites excluding steroid dienone is 1. The van der Waals surface area contributed by atoms with E-state index in [2.05, 4.69) is 24.0 Å². The molecular weight excluding hydrogens is 210 g/mol. The average Bonchev–Trinajstić information content (AvgIpc) is 3.06. The van der Waals surface area contributed by atoms with Crippen molar-refractivity contribution in [3.05, 3.63) is 12.2 Å². The van der Waals surface area contributed by atoms with E-state index < -0.39 is 0 Å². The van der Waals surface area contributed by atoms with Crippen LogP contribution in [-0.4, -0.2) is 23.9 Å². The number of carbonyl (C=O) groups excluding carboxylic acids is 1. The molecule has 1 aliphatic heterocycles. The largest absolute Gasteiger partial charge is 0.342 e. The molecule has 17 heavy (non-hydrogen) atoms. The van der Waals surface area contributed by atoms with Gasteiger partial charge in [-0.15, -0.1) is 0 Å². The van der Waals surface area contributed by atoms with Crippen molar-refractivity contribution < 1.29 is 4.79 Å². The molecule has 1 unspecified atom stereocenters. The van der Waals surface area contributed by atoms with Crippen LogP contribution in [0.3, 0.4) is 0 Å². The quantitative estimate of drug-likeness (QED) is 0.684. The molecule has 1 saturated carbocycles. The summed E-state index contributed by atoms with van der Waals surface area (Å²) in [5, 5.41) is 0. The number of hydrogen-bond donors (Lipinski definition) is 0. The molecule has 0 aromatic heterocycles. The minimum absolute atomic E-state index is 0.376. The Morgan fingerprint density at radius 2 is 2.18 bits per heavy atom. The summed E-state index contributed by atoms with van der Waals surface area (Å²) in [6.07, 6.45) is 11.1. The van der Waals surface area contributed by atoms with E-state index in [1.807, 2.05) is 6.92 Å². The molecule has 0 N–H and O–H groups in total. The highest BCUT2D eigenvalue weighted by Crippen LogP contribution is 2.54. The Morgan fingerprint density at radius 3 is 2.82 bits per heavy atom. The van der Waals surface area contributed by atoms with E-state index in [9.17, 15) is 4.79 Å². The van der Waals surface area contributed by atoms with Crippen molar-refractivity contribution >= 4 is 5.91 Å². The maximum atomic E-state index is 12.0. The second kappa shape index (κ2) is 5.24. The third-order valence-electron chi connectivity index (χ3n) is 4.63. The minimum atomic E-state index is 0.376. The third-order valence-corrected chi connectivity index (χ3v) is 4.63. The van der Waals surface area contributed by atoms with Crippen LogP contribution in [0, 0.1) is 11.3 Å². The van der Waals surface area contributed by atoms with Gasteiger partial charge in [0.2, 0.25) is 5.91 Å². The smallest absolute Gasteiger partial charge is 0.222 e. The lowest BCUT2D eigenvalue weighted by Crippen LogP contribution is -2.31. The molecule has 0 aromatic rings. The van der Waals surface area contributed by atoms with Gasteiger partial charge in [0, 0.05) is 19.5 Å². The molecular formula is C15H25NO. The Bertz CT molecular complexity index is 304. The highest BCUT2D eigenvalue weighted by molar-refractivity contribution is 5.76. The number of carbonyl (C=O) groups is 1. The topological polar surface area (TPSA) is 20.3 Å². The van der Waals surface area contributed by atoms with Crippen LogP contribution in [0.1, 0.15) is 52.4 Å². The van der Waals surface area contributed by atoms with Crippen LogP contribution in [0.5, 0.6) is 0 Å². The van der Waals surface area contributed by atoms with Crippen LogP contribution in [0.4, 0.5) is 0 Å². The molecule has 96 valence electrons. The van der Waals surface area contributed by atoms with Crippen molar-refractivity contribution in [1.82, 2.24) is 4.90 Å². The zero-order chi connectivity index (χ0) is 12.3. The second-order valence-electron chi connectivity index (χ2n) is 5.92. The molecule has 2 heteroatoms. The van der Waals surface area contributed by atoms with E-state index in [1.54, 1.807) is 0 Å². The van der Waals surface area contributed by atoms with Crippen molar-refractivity contribution in [2.24, 2.45) is 11.3 Å². The predicted octanol–water partition coefficient (Wildman–Crippen LogP) is 3.38. The maximum absolute atomic E-state index is 12.0. The fourth-order valence-corrected chi connectivity index (χ4v) is 2.97. The Balaban J connectivity index is 1.86. The molecule has 0 radical (unpaired) electrons. The number of rotatable bonds is 4. The number of likely N-dealkylation sites (tertiary alicyclic amines) is 1. The molecule has 2 nitrogen and oxygen atoms in total. The molecule has 1 atom stereocenters. The van der Waals surface area contributed by atoms with Gasteiger partial charge in [0.25, 0.3) is 0 Å². The number of amides is 1. The summed E-state index contributed by atoms with van der Waals surface area (Å²) >= 11 is 0. The van der Waals surface area contributed by atoms with Gasteiger partial charge in [0.05, 0.1) is 0 Å². The molecule has 0 bridgehead atoms. The highest BCUT2D eigenvalue weighted by atomic mass is 16.2. The van der Waals surface area contributed by atoms with Crippen molar-refractivity contribution in [1.29, 1.82) is 0 Å². The normalized spacial score (nSPS) is 28.5. The first-order valence-electron chi connectivity index (χ1n) is 7.04. The zero-order valence-electron chi connectivity index (χ0n) is 11.2. The summed E-state index contributed by atoms with van der Waals surface area (Å²) in [6, 6.07) is 0. The van der Waals surface area contributed by atoms with E-state index in [-0.39, 0.29) is 0 Å². The van der Waals surface area contributed by atoms with E-state index in [4.69, 9.17) is 0 Å². The van der Waals surface area contributed by atoms with E-state index >= 15 is 0 Å². The van der Waals surface area contributed by atoms with Gasteiger partial charge in [-0.3, -0.25) is 4.79 Å². The van der Waals surface area contributed by atoms with Crippen LogP contribution < -0.4 is 0 Å². The monoisotopic (exact) mass is 235 g/mol. The van der Waals surface area contributed by atoms with Crippen molar-refractivity contribution in [3.8, 4) is 0 Å². The summed E-state index contributed by atoms with van der Waals surface area (Å²) in [5.74, 6) is 1.17. The minimum Gasteiger partial charge on any atom is -0.342 e. The molecule has 1 saturated heterocycles. The summed E-state index contributed by atoms with van der Waals surface area (Å²) in [7, 11) is 0. The Morgan fingerprint density at radius 1 is 1.41 bits per heavy atom. The van der Waals surface area contributed by atoms with E-state index in [0.717, 1.165) is 38.3 Å². The lowest BCUT2D eigenvalue weighted by Gasteiger charge is -2.22. The lowest BCUT2D eigenvalue weighted by atomic mass is 9.85. The van der Waals surface area contributed by atoms with Gasteiger partial charge in [0.1, 0.15) is 0 Å². The SMILES string of the molecule is CC=CCCN1CCC(C2(C)CC2)CCC1=O. The summed E-state index contributed by atoms with van der Waals surface area (Å²) < 4.78 is 0. The molecule has 2 aliphatic rings. The molecule has 0 spiro atoms. The van der Waals surface area contributed by atoms with Crippen molar-refractivity contribution in [2.75, 3.05) is 13.1 Å². The first kappa shape index (κ1) is 12.7. The number of nitrogens with zero attached hydrogens (tertiary/aromatic N) is 1. The van der Waals surface area contributed by atoms with Gasteiger partial charge in [-0.2, -0.15) is 0 Å². The van der Waals surface area contributed by atoms with Crippen LogP contribution >= 0.6 is 0 Å². The molecule has 2 fully saturated rings. The Labute approximate surface area is 105 Å². The third kappa shape index (κ3) is 3.11. The molecule has 1 heterocycles. The number of hydrogen-bond acceptors (Lipinski definition) is 1. The van der Waals surface area contributed by atoms with Gasteiger partial charge in [-0.05, 0) is 50.4 Å². The van der Waals surface area contributed by atoms with Crippen LogP contribution in [0.15, 0.2) is 12.2 Å². The Kier molecular flexibility index (Phi) is 3.90. The average molecular weight is 235 g/mol. The van der Waals surface area contributed by atoms with Gasteiger partial charge < -0.3 is 4.90 Å². The molecule has 1 aliphatic carbocycles. The van der Waals surface area contributed by atoms with Crippen molar-refractivity contribution in [3.63, 3.8) is 0 Å². The van der Waals surface area contributed by atoms with Gasteiger partial charge >= 0.3 is 0 Å². The molecule has 1 amide bonds. The molecule has 0 aromatic carbocycles. The predicted molar refractivity (Wildman–Crippen MR) is 70.7 cm³/mol. The molecule has 2 rings (SSSR count). The van der Waals surface area contributed by atoms with Crippen LogP contribution in [0.25, 0.3) is 0 Å². The van der Waals surface area contributed by atoms with Gasteiger partial charge in [-0.25, -0.2) is 0 Å². The van der Waals surface area contributed by atoms with Crippen LogP contribution in [0.2, 0.25) is 0 Å². The summed E-state index contributed by atoms with van der Waals surface area (Å²) in [5.41, 5.74) is 0.583.